The lowest BCUT2D eigenvalue weighted by Gasteiger charge is -1.97. The molecule has 0 aliphatic carbocycles. The van der Waals surface area contributed by atoms with E-state index in [0.717, 1.165) is 6.26 Å². The molecule has 0 aliphatic rings. The fraction of sp³-hybridized carbons (Fsp3) is 0.333. The molecule has 0 radical (unpaired) electrons. The van der Waals surface area contributed by atoms with E-state index in [0.29, 0.717) is 5.69 Å². The number of rotatable bonds is 2. The van der Waals surface area contributed by atoms with E-state index in [1.54, 1.807) is 6.07 Å². The third kappa shape index (κ3) is 3.25. The molecule has 0 atom stereocenters. The van der Waals surface area contributed by atoms with Gasteiger partial charge < -0.3 is 5.73 Å². The molecular formula is C6H10ClN3O2S. The third-order valence-electron chi connectivity index (χ3n) is 1.23. The smallest absolute Gasteiger partial charge is 0.247 e. The summed E-state index contributed by atoms with van der Waals surface area (Å²) < 4.78 is 21.9. The van der Waals surface area contributed by atoms with Gasteiger partial charge in [0.05, 0.1) is 5.69 Å². The van der Waals surface area contributed by atoms with Gasteiger partial charge in [-0.3, -0.25) is 0 Å². The average Bonchev–Trinajstić information content (AvgIpc) is 2.03. The van der Waals surface area contributed by atoms with Gasteiger partial charge in [-0.05, 0) is 6.07 Å². The quantitative estimate of drug-likeness (QED) is 0.700. The molecule has 13 heavy (non-hydrogen) atoms. The number of nitrogens with two attached hydrogens (primary N) is 1. The van der Waals surface area contributed by atoms with Gasteiger partial charge in [-0.1, -0.05) is 0 Å². The zero-order valence-electron chi connectivity index (χ0n) is 6.97. The Labute approximate surface area is 82.7 Å². The predicted octanol–water partition coefficient (Wildman–Crippen LogP) is -0.239. The topological polar surface area (TPSA) is 85.9 Å². The summed E-state index contributed by atoms with van der Waals surface area (Å²) in [6, 6.07) is 1.58. The molecule has 2 N–H and O–H groups in total. The molecule has 0 bridgehead atoms. The van der Waals surface area contributed by atoms with Gasteiger partial charge >= 0.3 is 0 Å². The molecule has 1 rings (SSSR count). The first-order valence-electron chi connectivity index (χ1n) is 3.26. The van der Waals surface area contributed by atoms with Crippen molar-refractivity contribution in [2.75, 3.05) is 6.26 Å². The van der Waals surface area contributed by atoms with Crippen molar-refractivity contribution in [1.82, 2.24) is 9.97 Å². The number of sulfone groups is 1. The second kappa shape index (κ2) is 4.50. The zero-order chi connectivity index (χ0) is 9.19. The Balaban J connectivity index is 0.00000144. The first kappa shape index (κ1) is 12.3. The summed E-state index contributed by atoms with van der Waals surface area (Å²) in [6.07, 6.45) is 2.44. The van der Waals surface area contributed by atoms with Crippen LogP contribution in [0.3, 0.4) is 0 Å². The number of halogens is 1. The zero-order valence-corrected chi connectivity index (χ0v) is 8.60. The summed E-state index contributed by atoms with van der Waals surface area (Å²) in [5, 5.41) is -0.176. The van der Waals surface area contributed by atoms with E-state index in [2.05, 4.69) is 9.97 Å². The molecule has 7 heteroatoms. The largest absolute Gasteiger partial charge is 0.325 e. The van der Waals surface area contributed by atoms with Crippen LogP contribution in [0.5, 0.6) is 0 Å². The Hall–Kier alpha value is -0.720. The van der Waals surface area contributed by atoms with E-state index in [9.17, 15) is 8.42 Å². The fourth-order valence-electron chi connectivity index (χ4n) is 0.668. The molecular weight excluding hydrogens is 214 g/mol. The number of hydrogen-bond acceptors (Lipinski definition) is 5. The minimum Gasteiger partial charge on any atom is -0.325 e. The average molecular weight is 224 g/mol. The highest BCUT2D eigenvalue weighted by Crippen LogP contribution is 2.00. The lowest BCUT2D eigenvalue weighted by atomic mass is 10.4. The number of hydrogen-bond donors (Lipinski definition) is 1. The summed E-state index contributed by atoms with van der Waals surface area (Å²) in [5.41, 5.74) is 5.80. The molecule has 0 fully saturated rings. The van der Waals surface area contributed by atoms with Crippen molar-refractivity contribution in [2.45, 2.75) is 11.7 Å². The van der Waals surface area contributed by atoms with Crippen LogP contribution in [0.2, 0.25) is 0 Å². The van der Waals surface area contributed by atoms with Gasteiger partial charge in [0.25, 0.3) is 0 Å². The van der Waals surface area contributed by atoms with Crippen LogP contribution in [0, 0.1) is 0 Å². The minimum atomic E-state index is -3.31. The maximum Gasteiger partial charge on any atom is 0.247 e. The van der Waals surface area contributed by atoms with Crippen molar-refractivity contribution in [1.29, 1.82) is 0 Å². The van der Waals surface area contributed by atoms with E-state index < -0.39 is 9.84 Å². The van der Waals surface area contributed by atoms with Crippen LogP contribution in [0.4, 0.5) is 0 Å². The van der Waals surface area contributed by atoms with E-state index in [4.69, 9.17) is 5.73 Å². The minimum absolute atomic E-state index is 0. The molecule has 0 aliphatic heterocycles. The standard InChI is InChI=1S/C6H9N3O2S.ClH/c1-12(10,11)6-8-3-2-5(4-7)9-6;/h2-3H,4,7H2,1H3;1H. The van der Waals surface area contributed by atoms with E-state index in [-0.39, 0.29) is 24.1 Å². The van der Waals surface area contributed by atoms with E-state index in [1.165, 1.54) is 6.20 Å². The molecule has 0 amide bonds. The Bertz CT molecular complexity index is 379. The summed E-state index contributed by atoms with van der Waals surface area (Å²) in [5.74, 6) is 0. The van der Waals surface area contributed by atoms with Gasteiger partial charge in [-0.15, -0.1) is 12.4 Å². The van der Waals surface area contributed by atoms with E-state index in [1.807, 2.05) is 0 Å². The fourth-order valence-corrected chi connectivity index (χ4v) is 1.20. The second-order valence-corrected chi connectivity index (χ2v) is 4.22. The first-order chi connectivity index (χ1) is 5.54. The normalized spacial score (nSPS) is 10.6. The third-order valence-corrected chi connectivity index (χ3v) is 2.09. The molecule has 0 saturated carbocycles. The number of aromatic nitrogens is 2. The lowest BCUT2D eigenvalue weighted by molar-refractivity contribution is 0.591. The first-order valence-corrected chi connectivity index (χ1v) is 5.15. The molecule has 1 aromatic rings. The van der Waals surface area contributed by atoms with Gasteiger partial charge in [0.15, 0.2) is 0 Å². The van der Waals surface area contributed by atoms with Crippen molar-refractivity contribution < 1.29 is 8.42 Å². The second-order valence-electron chi connectivity index (χ2n) is 2.31. The van der Waals surface area contributed by atoms with Crippen LogP contribution in [0.15, 0.2) is 17.4 Å². The predicted molar refractivity (Wildman–Crippen MR) is 50.3 cm³/mol. The van der Waals surface area contributed by atoms with Gasteiger partial charge in [-0.2, -0.15) is 0 Å². The Morgan fingerprint density at radius 2 is 2.15 bits per heavy atom. The van der Waals surface area contributed by atoms with Crippen molar-refractivity contribution in [2.24, 2.45) is 5.73 Å². The summed E-state index contributed by atoms with van der Waals surface area (Å²) in [4.78, 5) is 7.34. The van der Waals surface area contributed by atoms with Crippen molar-refractivity contribution in [3.8, 4) is 0 Å². The van der Waals surface area contributed by atoms with Crippen LogP contribution in [-0.2, 0) is 16.4 Å². The molecule has 74 valence electrons. The molecule has 0 spiro atoms. The highest BCUT2D eigenvalue weighted by Gasteiger charge is 2.10. The van der Waals surface area contributed by atoms with Gasteiger partial charge in [0.2, 0.25) is 15.0 Å². The maximum absolute atomic E-state index is 10.9. The lowest BCUT2D eigenvalue weighted by Crippen LogP contribution is -2.07. The van der Waals surface area contributed by atoms with Crippen molar-refractivity contribution >= 4 is 22.2 Å². The SMILES string of the molecule is CS(=O)(=O)c1nccc(CN)n1.Cl. The highest BCUT2D eigenvalue weighted by molar-refractivity contribution is 7.90. The van der Waals surface area contributed by atoms with Crippen LogP contribution in [0.1, 0.15) is 5.69 Å². The summed E-state index contributed by atoms with van der Waals surface area (Å²) >= 11 is 0. The molecule has 1 heterocycles. The monoisotopic (exact) mass is 223 g/mol. The Morgan fingerprint density at radius 1 is 1.54 bits per heavy atom. The summed E-state index contributed by atoms with van der Waals surface area (Å²) in [6.45, 7) is 0.213. The van der Waals surface area contributed by atoms with Crippen LogP contribution < -0.4 is 5.73 Å². The van der Waals surface area contributed by atoms with Crippen molar-refractivity contribution in [3.05, 3.63) is 18.0 Å². The maximum atomic E-state index is 10.9. The molecule has 0 unspecified atom stereocenters. The summed E-state index contributed by atoms with van der Waals surface area (Å²) in [7, 11) is -3.31. The van der Waals surface area contributed by atoms with E-state index >= 15 is 0 Å². The molecule has 5 nitrogen and oxygen atoms in total. The van der Waals surface area contributed by atoms with Gasteiger partial charge in [-0.25, -0.2) is 18.4 Å². The van der Waals surface area contributed by atoms with Crippen LogP contribution >= 0.6 is 12.4 Å². The molecule has 0 aromatic carbocycles. The van der Waals surface area contributed by atoms with Crippen LogP contribution in [0.25, 0.3) is 0 Å². The molecule has 1 aromatic heterocycles. The van der Waals surface area contributed by atoms with Gasteiger partial charge in [0, 0.05) is 19.0 Å². The highest BCUT2D eigenvalue weighted by atomic mass is 35.5. The Morgan fingerprint density at radius 3 is 2.62 bits per heavy atom. The van der Waals surface area contributed by atoms with Gasteiger partial charge in [0.1, 0.15) is 0 Å². The van der Waals surface area contributed by atoms with Crippen LogP contribution in [-0.4, -0.2) is 24.6 Å². The van der Waals surface area contributed by atoms with Crippen molar-refractivity contribution in [3.63, 3.8) is 0 Å². The number of nitrogens with zero attached hydrogens (tertiary/aromatic N) is 2. The molecule has 0 saturated heterocycles. The Kier molecular flexibility index (Phi) is 4.25.